The highest BCUT2D eigenvalue weighted by Gasteiger charge is 2.23. The average molecular weight is 288 g/mol. The van der Waals surface area contributed by atoms with Crippen molar-refractivity contribution in [2.75, 3.05) is 13.1 Å². The van der Waals surface area contributed by atoms with Gasteiger partial charge in [0.25, 0.3) is 0 Å². The number of hydrogen-bond donors (Lipinski definition) is 1. The Morgan fingerprint density at radius 2 is 1.86 bits per heavy atom. The smallest absolute Gasteiger partial charge is 0.244 e. The molecule has 1 saturated heterocycles. The van der Waals surface area contributed by atoms with E-state index in [9.17, 15) is 9.59 Å². The average Bonchev–Trinajstić information content (AvgIpc) is 3.01. The number of amides is 2. The largest absolute Gasteiger partial charge is 0.345 e. The molecule has 1 aliphatic rings. The fourth-order valence-electron chi connectivity index (χ4n) is 2.68. The maximum Gasteiger partial charge on any atom is 0.244 e. The SMILES string of the molecule is C[C@H](NC(=O)CCCc1ccccc1)C(=O)N1CCCC1. The first kappa shape index (κ1) is 15.5. The Morgan fingerprint density at radius 3 is 2.52 bits per heavy atom. The second kappa shape index (κ2) is 7.81. The summed E-state index contributed by atoms with van der Waals surface area (Å²) in [5.74, 6) is 0.00916. The Kier molecular flexibility index (Phi) is 5.78. The zero-order chi connectivity index (χ0) is 15.1. The molecule has 0 aromatic heterocycles. The van der Waals surface area contributed by atoms with Gasteiger partial charge in [0, 0.05) is 19.5 Å². The van der Waals surface area contributed by atoms with Crippen LogP contribution in [0.15, 0.2) is 30.3 Å². The maximum absolute atomic E-state index is 12.1. The molecule has 2 rings (SSSR count). The van der Waals surface area contributed by atoms with Gasteiger partial charge in [-0.3, -0.25) is 9.59 Å². The van der Waals surface area contributed by atoms with Crippen LogP contribution in [0.25, 0.3) is 0 Å². The van der Waals surface area contributed by atoms with Gasteiger partial charge in [0.1, 0.15) is 6.04 Å². The summed E-state index contributed by atoms with van der Waals surface area (Å²) < 4.78 is 0. The molecule has 0 aliphatic carbocycles. The molecule has 4 nitrogen and oxygen atoms in total. The molecular formula is C17H24N2O2. The van der Waals surface area contributed by atoms with Gasteiger partial charge in [0.15, 0.2) is 0 Å². The van der Waals surface area contributed by atoms with E-state index < -0.39 is 6.04 Å². The summed E-state index contributed by atoms with van der Waals surface area (Å²) in [6.07, 6.45) is 4.31. The number of rotatable bonds is 6. The molecular weight excluding hydrogens is 264 g/mol. The van der Waals surface area contributed by atoms with Crippen molar-refractivity contribution < 1.29 is 9.59 Å². The Hall–Kier alpha value is -1.84. The topological polar surface area (TPSA) is 49.4 Å². The van der Waals surface area contributed by atoms with Gasteiger partial charge in [0.2, 0.25) is 11.8 Å². The predicted molar refractivity (Wildman–Crippen MR) is 82.8 cm³/mol. The highest BCUT2D eigenvalue weighted by molar-refractivity contribution is 5.87. The molecule has 1 N–H and O–H groups in total. The molecule has 1 aliphatic heterocycles. The van der Waals surface area contributed by atoms with E-state index in [0.29, 0.717) is 6.42 Å². The third kappa shape index (κ3) is 4.88. The monoisotopic (exact) mass is 288 g/mol. The molecule has 0 unspecified atom stereocenters. The lowest BCUT2D eigenvalue weighted by Gasteiger charge is -2.21. The minimum absolute atomic E-state index is 0.0361. The third-order valence-electron chi connectivity index (χ3n) is 3.88. The zero-order valence-corrected chi connectivity index (χ0v) is 12.7. The van der Waals surface area contributed by atoms with Crippen molar-refractivity contribution in [2.45, 2.75) is 45.1 Å². The van der Waals surface area contributed by atoms with E-state index in [2.05, 4.69) is 17.4 Å². The second-order valence-corrected chi connectivity index (χ2v) is 5.66. The lowest BCUT2D eigenvalue weighted by atomic mass is 10.1. The minimum Gasteiger partial charge on any atom is -0.345 e. The standard InChI is InChI=1S/C17H24N2O2/c1-14(17(21)19-12-5-6-13-19)18-16(20)11-7-10-15-8-3-2-4-9-15/h2-4,8-9,14H,5-7,10-13H2,1H3,(H,18,20)/t14-/m0/s1. The van der Waals surface area contributed by atoms with Crippen molar-refractivity contribution in [3.05, 3.63) is 35.9 Å². The number of carbonyl (C=O) groups excluding carboxylic acids is 2. The molecule has 1 fully saturated rings. The Balaban J connectivity index is 1.67. The van der Waals surface area contributed by atoms with Gasteiger partial charge in [-0.2, -0.15) is 0 Å². The fourth-order valence-corrected chi connectivity index (χ4v) is 2.68. The van der Waals surface area contributed by atoms with Crippen LogP contribution in [-0.2, 0) is 16.0 Å². The van der Waals surface area contributed by atoms with Crippen LogP contribution in [0.2, 0.25) is 0 Å². The van der Waals surface area contributed by atoms with Gasteiger partial charge >= 0.3 is 0 Å². The van der Waals surface area contributed by atoms with E-state index in [0.717, 1.165) is 38.8 Å². The molecule has 114 valence electrons. The summed E-state index contributed by atoms with van der Waals surface area (Å²) >= 11 is 0. The van der Waals surface area contributed by atoms with Crippen molar-refractivity contribution in [3.8, 4) is 0 Å². The molecule has 1 aromatic rings. The van der Waals surface area contributed by atoms with Crippen molar-refractivity contribution in [2.24, 2.45) is 0 Å². The quantitative estimate of drug-likeness (QED) is 0.872. The Bertz CT molecular complexity index is 467. The molecule has 0 spiro atoms. The van der Waals surface area contributed by atoms with Crippen LogP contribution in [0.3, 0.4) is 0 Å². The summed E-state index contributed by atoms with van der Waals surface area (Å²) in [7, 11) is 0. The van der Waals surface area contributed by atoms with Gasteiger partial charge in [-0.25, -0.2) is 0 Å². The van der Waals surface area contributed by atoms with Gasteiger partial charge < -0.3 is 10.2 Å². The first-order valence-electron chi connectivity index (χ1n) is 7.79. The first-order valence-corrected chi connectivity index (χ1v) is 7.79. The number of hydrogen-bond acceptors (Lipinski definition) is 2. The maximum atomic E-state index is 12.1. The van der Waals surface area contributed by atoms with Gasteiger partial charge in [0.05, 0.1) is 0 Å². The summed E-state index contributed by atoms with van der Waals surface area (Å²) in [6, 6.07) is 9.72. The predicted octanol–water partition coefficient (Wildman–Crippen LogP) is 2.14. The molecule has 0 saturated carbocycles. The summed E-state index contributed by atoms with van der Waals surface area (Å²) in [5, 5.41) is 2.81. The number of nitrogens with zero attached hydrogens (tertiary/aromatic N) is 1. The lowest BCUT2D eigenvalue weighted by molar-refractivity contribution is -0.135. The zero-order valence-electron chi connectivity index (χ0n) is 12.7. The van der Waals surface area contributed by atoms with E-state index in [1.54, 1.807) is 6.92 Å². The molecule has 0 bridgehead atoms. The molecule has 21 heavy (non-hydrogen) atoms. The Morgan fingerprint density at radius 1 is 1.19 bits per heavy atom. The van der Waals surface area contributed by atoms with Crippen molar-refractivity contribution in [1.29, 1.82) is 0 Å². The minimum atomic E-state index is -0.410. The number of nitrogens with one attached hydrogen (secondary N) is 1. The first-order chi connectivity index (χ1) is 10.2. The van der Waals surface area contributed by atoms with Crippen molar-refractivity contribution >= 4 is 11.8 Å². The summed E-state index contributed by atoms with van der Waals surface area (Å²) in [6.45, 7) is 3.43. The molecule has 1 heterocycles. The number of benzene rings is 1. The highest BCUT2D eigenvalue weighted by Crippen LogP contribution is 2.09. The molecule has 4 heteroatoms. The van der Waals surface area contributed by atoms with Crippen LogP contribution in [-0.4, -0.2) is 35.8 Å². The van der Waals surface area contributed by atoms with Crippen LogP contribution >= 0.6 is 0 Å². The van der Waals surface area contributed by atoms with E-state index in [-0.39, 0.29) is 11.8 Å². The lowest BCUT2D eigenvalue weighted by Crippen LogP contribution is -2.45. The van der Waals surface area contributed by atoms with Crippen LogP contribution < -0.4 is 5.32 Å². The number of carbonyl (C=O) groups is 2. The van der Waals surface area contributed by atoms with Crippen molar-refractivity contribution in [1.82, 2.24) is 10.2 Å². The highest BCUT2D eigenvalue weighted by atomic mass is 16.2. The van der Waals surface area contributed by atoms with Crippen LogP contribution in [0.1, 0.15) is 38.2 Å². The summed E-state index contributed by atoms with van der Waals surface area (Å²) in [4.78, 5) is 25.8. The van der Waals surface area contributed by atoms with Crippen LogP contribution in [0.5, 0.6) is 0 Å². The van der Waals surface area contributed by atoms with E-state index in [4.69, 9.17) is 0 Å². The molecule has 0 radical (unpaired) electrons. The second-order valence-electron chi connectivity index (χ2n) is 5.66. The number of aryl methyl sites for hydroxylation is 1. The fraction of sp³-hybridized carbons (Fsp3) is 0.529. The van der Waals surface area contributed by atoms with Crippen LogP contribution in [0.4, 0.5) is 0 Å². The van der Waals surface area contributed by atoms with E-state index >= 15 is 0 Å². The van der Waals surface area contributed by atoms with E-state index in [1.165, 1.54) is 5.56 Å². The van der Waals surface area contributed by atoms with Crippen molar-refractivity contribution in [3.63, 3.8) is 0 Å². The normalized spacial score (nSPS) is 15.8. The van der Waals surface area contributed by atoms with Crippen LogP contribution in [0, 0.1) is 0 Å². The number of likely N-dealkylation sites (tertiary alicyclic amines) is 1. The van der Waals surface area contributed by atoms with Gasteiger partial charge in [-0.15, -0.1) is 0 Å². The molecule has 1 atom stereocenters. The molecule has 1 aromatic carbocycles. The summed E-state index contributed by atoms with van der Waals surface area (Å²) in [5.41, 5.74) is 1.24. The Labute approximate surface area is 126 Å². The third-order valence-corrected chi connectivity index (χ3v) is 3.88. The van der Waals surface area contributed by atoms with Gasteiger partial charge in [-0.05, 0) is 38.2 Å². The molecule has 2 amide bonds. The van der Waals surface area contributed by atoms with Gasteiger partial charge in [-0.1, -0.05) is 30.3 Å². The van der Waals surface area contributed by atoms with E-state index in [1.807, 2.05) is 23.1 Å².